The van der Waals surface area contributed by atoms with Crippen LogP contribution >= 0.6 is 0 Å². The standard InChI is InChI=1S/C23H25FN2O4/c1-15(27)26-19-12-16(4-6-18(19)24)22(28)25-14-23(8-2-3-9-23)17-5-7-20-21(13-17)30-11-10-29-20/h4-7,12-13H,2-3,8-11,14H2,1H3,(H,25,28)(H,26,27). The van der Waals surface area contributed by atoms with Gasteiger partial charge in [-0.05, 0) is 48.7 Å². The Morgan fingerprint density at radius 1 is 1.03 bits per heavy atom. The minimum Gasteiger partial charge on any atom is -0.486 e. The van der Waals surface area contributed by atoms with Crippen LogP contribution in [0, 0.1) is 5.82 Å². The van der Waals surface area contributed by atoms with Gasteiger partial charge in [0.2, 0.25) is 5.91 Å². The number of nitrogens with one attached hydrogen (secondary N) is 2. The predicted octanol–water partition coefficient (Wildman–Crippen LogP) is 3.80. The van der Waals surface area contributed by atoms with Crippen LogP contribution < -0.4 is 20.1 Å². The van der Waals surface area contributed by atoms with E-state index in [4.69, 9.17) is 9.47 Å². The van der Waals surface area contributed by atoms with Crippen molar-refractivity contribution >= 4 is 17.5 Å². The van der Waals surface area contributed by atoms with Crippen LogP contribution in [0.4, 0.5) is 10.1 Å². The summed E-state index contributed by atoms with van der Waals surface area (Å²) in [6, 6.07) is 9.98. The maximum absolute atomic E-state index is 13.9. The topological polar surface area (TPSA) is 76.7 Å². The van der Waals surface area contributed by atoms with Gasteiger partial charge in [0.05, 0.1) is 5.69 Å². The molecule has 4 rings (SSSR count). The van der Waals surface area contributed by atoms with Crippen LogP contribution in [-0.2, 0) is 10.2 Å². The molecule has 0 aromatic heterocycles. The molecule has 0 atom stereocenters. The third-order valence-corrected chi connectivity index (χ3v) is 5.84. The van der Waals surface area contributed by atoms with Gasteiger partial charge in [-0.1, -0.05) is 18.9 Å². The highest BCUT2D eigenvalue weighted by molar-refractivity contribution is 5.97. The summed E-state index contributed by atoms with van der Waals surface area (Å²) in [5, 5.41) is 5.42. The second kappa shape index (κ2) is 8.34. The molecule has 2 amide bonds. The number of benzene rings is 2. The Bertz CT molecular complexity index is 970. The lowest BCUT2D eigenvalue weighted by Gasteiger charge is -2.31. The van der Waals surface area contributed by atoms with Crippen LogP contribution in [0.3, 0.4) is 0 Å². The first-order valence-electron chi connectivity index (χ1n) is 10.2. The van der Waals surface area contributed by atoms with Crippen molar-refractivity contribution in [2.75, 3.05) is 25.1 Å². The fraction of sp³-hybridized carbons (Fsp3) is 0.391. The van der Waals surface area contributed by atoms with Crippen molar-refractivity contribution in [1.29, 1.82) is 0 Å². The highest BCUT2D eigenvalue weighted by atomic mass is 19.1. The molecule has 2 aromatic carbocycles. The summed E-state index contributed by atoms with van der Waals surface area (Å²) in [5.41, 5.74) is 1.25. The zero-order chi connectivity index (χ0) is 21.1. The molecule has 0 bridgehead atoms. The molecule has 1 aliphatic heterocycles. The molecule has 7 heteroatoms. The van der Waals surface area contributed by atoms with Gasteiger partial charge in [0.25, 0.3) is 5.91 Å². The summed E-state index contributed by atoms with van der Waals surface area (Å²) in [7, 11) is 0. The van der Waals surface area contributed by atoms with Gasteiger partial charge in [-0.3, -0.25) is 9.59 Å². The normalized spacial score (nSPS) is 16.7. The van der Waals surface area contributed by atoms with Crippen LogP contribution in [0.5, 0.6) is 11.5 Å². The van der Waals surface area contributed by atoms with Crippen LogP contribution in [0.15, 0.2) is 36.4 Å². The van der Waals surface area contributed by atoms with E-state index < -0.39 is 11.7 Å². The second-order valence-electron chi connectivity index (χ2n) is 7.90. The van der Waals surface area contributed by atoms with Gasteiger partial charge in [-0.15, -0.1) is 0 Å². The van der Waals surface area contributed by atoms with Gasteiger partial charge in [0.1, 0.15) is 19.0 Å². The smallest absolute Gasteiger partial charge is 0.251 e. The summed E-state index contributed by atoms with van der Waals surface area (Å²) < 4.78 is 25.2. The number of halogens is 1. The zero-order valence-electron chi connectivity index (χ0n) is 16.9. The molecule has 158 valence electrons. The van der Waals surface area contributed by atoms with Crippen molar-refractivity contribution in [3.63, 3.8) is 0 Å². The summed E-state index contributed by atoms with van der Waals surface area (Å²) in [5.74, 6) is 0.222. The maximum Gasteiger partial charge on any atom is 0.251 e. The molecule has 0 radical (unpaired) electrons. The molecule has 1 aliphatic carbocycles. The first kappa shape index (κ1) is 20.2. The molecule has 30 heavy (non-hydrogen) atoms. The number of ether oxygens (including phenoxy) is 2. The zero-order valence-corrected chi connectivity index (χ0v) is 16.9. The van der Waals surface area contributed by atoms with Crippen molar-refractivity contribution < 1.29 is 23.5 Å². The summed E-state index contributed by atoms with van der Waals surface area (Å²) in [6.07, 6.45) is 4.11. The lowest BCUT2D eigenvalue weighted by molar-refractivity contribution is -0.114. The number of amides is 2. The number of hydrogen-bond donors (Lipinski definition) is 2. The molecule has 0 spiro atoms. The summed E-state index contributed by atoms with van der Waals surface area (Å²) in [4.78, 5) is 24.0. The first-order chi connectivity index (χ1) is 14.5. The summed E-state index contributed by atoms with van der Waals surface area (Å²) >= 11 is 0. The molecule has 2 N–H and O–H groups in total. The van der Waals surface area contributed by atoms with Crippen molar-refractivity contribution in [3.05, 3.63) is 53.3 Å². The molecule has 0 saturated heterocycles. The molecule has 1 fully saturated rings. The molecular formula is C23H25FN2O4. The lowest BCUT2D eigenvalue weighted by atomic mass is 9.78. The maximum atomic E-state index is 13.9. The Labute approximate surface area is 174 Å². The van der Waals surface area contributed by atoms with Crippen molar-refractivity contribution in [2.45, 2.75) is 38.0 Å². The van der Waals surface area contributed by atoms with Crippen LogP contribution in [0.1, 0.15) is 48.5 Å². The van der Waals surface area contributed by atoms with E-state index in [9.17, 15) is 14.0 Å². The number of carbonyl (C=O) groups is 2. The molecule has 0 unspecified atom stereocenters. The van der Waals surface area contributed by atoms with E-state index in [0.29, 0.717) is 25.3 Å². The molecule has 2 aromatic rings. The Morgan fingerprint density at radius 2 is 1.77 bits per heavy atom. The van der Waals surface area contributed by atoms with Gasteiger partial charge in [0, 0.05) is 24.4 Å². The average Bonchev–Trinajstić information content (AvgIpc) is 3.23. The SMILES string of the molecule is CC(=O)Nc1cc(C(=O)NCC2(c3ccc4c(c3)OCCO4)CCCC2)ccc1F. The van der Waals surface area contributed by atoms with Crippen molar-refractivity contribution in [2.24, 2.45) is 0 Å². The lowest BCUT2D eigenvalue weighted by Crippen LogP contribution is -2.39. The number of anilines is 1. The Balaban J connectivity index is 1.52. The van der Waals surface area contributed by atoms with E-state index >= 15 is 0 Å². The Morgan fingerprint density at radius 3 is 2.50 bits per heavy atom. The van der Waals surface area contributed by atoms with E-state index in [1.54, 1.807) is 0 Å². The first-order valence-corrected chi connectivity index (χ1v) is 10.2. The third kappa shape index (κ3) is 4.10. The predicted molar refractivity (Wildman–Crippen MR) is 111 cm³/mol. The van der Waals surface area contributed by atoms with E-state index in [1.807, 2.05) is 12.1 Å². The Kier molecular flexibility index (Phi) is 5.61. The number of fused-ring (bicyclic) bond motifs is 1. The monoisotopic (exact) mass is 412 g/mol. The quantitative estimate of drug-likeness (QED) is 0.783. The molecular weight excluding hydrogens is 387 g/mol. The van der Waals surface area contributed by atoms with Gasteiger partial charge in [-0.25, -0.2) is 4.39 Å². The number of carbonyl (C=O) groups excluding carboxylic acids is 2. The molecule has 2 aliphatic rings. The third-order valence-electron chi connectivity index (χ3n) is 5.84. The van der Waals surface area contributed by atoms with Crippen LogP contribution in [0.25, 0.3) is 0 Å². The van der Waals surface area contributed by atoms with Gasteiger partial charge in [-0.2, -0.15) is 0 Å². The Hall–Kier alpha value is -3.09. The number of hydrogen-bond acceptors (Lipinski definition) is 4. The molecule has 6 nitrogen and oxygen atoms in total. The van der Waals surface area contributed by atoms with Gasteiger partial charge in [0.15, 0.2) is 11.5 Å². The molecule has 1 saturated carbocycles. The highest BCUT2D eigenvalue weighted by Gasteiger charge is 2.37. The number of rotatable bonds is 5. The fourth-order valence-electron chi connectivity index (χ4n) is 4.30. The largest absolute Gasteiger partial charge is 0.486 e. The van der Waals surface area contributed by atoms with E-state index in [0.717, 1.165) is 42.7 Å². The minimum atomic E-state index is -0.578. The molecule has 1 heterocycles. The van der Waals surface area contributed by atoms with Crippen LogP contribution in [-0.4, -0.2) is 31.6 Å². The van der Waals surface area contributed by atoms with Crippen molar-refractivity contribution in [1.82, 2.24) is 5.32 Å². The van der Waals surface area contributed by atoms with E-state index in [1.165, 1.54) is 25.1 Å². The van der Waals surface area contributed by atoms with Crippen molar-refractivity contribution in [3.8, 4) is 11.5 Å². The average molecular weight is 412 g/mol. The van der Waals surface area contributed by atoms with Gasteiger partial charge >= 0.3 is 0 Å². The van der Waals surface area contributed by atoms with E-state index in [2.05, 4.69) is 16.7 Å². The van der Waals surface area contributed by atoms with Gasteiger partial charge < -0.3 is 20.1 Å². The van der Waals surface area contributed by atoms with Crippen LogP contribution in [0.2, 0.25) is 0 Å². The summed E-state index contributed by atoms with van der Waals surface area (Å²) in [6.45, 7) is 2.84. The second-order valence-corrected chi connectivity index (χ2v) is 7.90. The highest BCUT2D eigenvalue weighted by Crippen LogP contribution is 2.43. The van der Waals surface area contributed by atoms with E-state index in [-0.39, 0.29) is 17.0 Å². The fourth-order valence-corrected chi connectivity index (χ4v) is 4.30. The minimum absolute atomic E-state index is 0.00225.